The Morgan fingerprint density at radius 3 is 2.48 bits per heavy atom. The summed E-state index contributed by atoms with van der Waals surface area (Å²) >= 11 is 0. The van der Waals surface area contributed by atoms with Crippen LogP contribution in [0.3, 0.4) is 0 Å². The predicted octanol–water partition coefficient (Wildman–Crippen LogP) is 2.59. The van der Waals surface area contributed by atoms with E-state index in [1.165, 1.54) is 6.92 Å². The summed E-state index contributed by atoms with van der Waals surface area (Å²) in [6, 6.07) is 15.8. The number of carbonyl (C=O) groups is 3. The second-order valence-corrected chi connectivity index (χ2v) is 6.44. The van der Waals surface area contributed by atoms with Crippen molar-refractivity contribution in [2.45, 2.75) is 20.0 Å². The number of primary amides is 1. The van der Waals surface area contributed by atoms with Crippen LogP contribution in [0.2, 0.25) is 0 Å². The van der Waals surface area contributed by atoms with Crippen molar-refractivity contribution in [3.8, 4) is 16.9 Å². The summed E-state index contributed by atoms with van der Waals surface area (Å²) in [6.45, 7) is 3.29. The first-order valence-electron chi connectivity index (χ1n) is 8.88. The highest BCUT2D eigenvalue weighted by Crippen LogP contribution is 2.25. The molecule has 3 N–H and O–H groups in total. The second kappa shape index (κ2) is 8.39. The molecular formula is C21H20N4O4. The van der Waals surface area contributed by atoms with Crippen LogP contribution in [0.5, 0.6) is 0 Å². The van der Waals surface area contributed by atoms with Gasteiger partial charge in [0.1, 0.15) is 11.3 Å². The van der Waals surface area contributed by atoms with Gasteiger partial charge in [0, 0.05) is 11.8 Å². The number of nitrogens with one attached hydrogen (secondary N) is 1. The molecular weight excluding hydrogens is 372 g/mol. The van der Waals surface area contributed by atoms with E-state index in [1.54, 1.807) is 10.9 Å². The number of para-hydroxylation sites is 1. The molecule has 1 heterocycles. The molecule has 0 aliphatic carbocycles. The van der Waals surface area contributed by atoms with Gasteiger partial charge in [-0.25, -0.2) is 14.3 Å². The SMILES string of the molecule is Cc1cccc(-c2nn(-c3ccccc3)cc2C(=O)O[C@@H](C)C(=O)NC(N)=O)c1. The lowest BCUT2D eigenvalue weighted by Gasteiger charge is -2.12. The van der Waals surface area contributed by atoms with Gasteiger partial charge in [-0.2, -0.15) is 5.10 Å². The van der Waals surface area contributed by atoms with E-state index in [-0.39, 0.29) is 5.56 Å². The summed E-state index contributed by atoms with van der Waals surface area (Å²) in [6.07, 6.45) is 0.342. The van der Waals surface area contributed by atoms with E-state index >= 15 is 0 Å². The Bertz CT molecular complexity index is 1060. The van der Waals surface area contributed by atoms with Crippen LogP contribution in [0.1, 0.15) is 22.8 Å². The Kier molecular flexibility index (Phi) is 5.73. The fraction of sp³-hybridized carbons (Fsp3) is 0.143. The maximum absolute atomic E-state index is 12.8. The third-order valence-electron chi connectivity index (χ3n) is 4.15. The van der Waals surface area contributed by atoms with Crippen molar-refractivity contribution < 1.29 is 19.1 Å². The van der Waals surface area contributed by atoms with Gasteiger partial charge in [-0.15, -0.1) is 0 Å². The van der Waals surface area contributed by atoms with Crippen molar-refractivity contribution in [1.82, 2.24) is 15.1 Å². The number of urea groups is 1. The third-order valence-corrected chi connectivity index (χ3v) is 4.15. The van der Waals surface area contributed by atoms with Gasteiger partial charge in [-0.3, -0.25) is 10.1 Å². The Morgan fingerprint density at radius 2 is 1.83 bits per heavy atom. The summed E-state index contributed by atoms with van der Waals surface area (Å²) < 4.78 is 6.80. The lowest BCUT2D eigenvalue weighted by atomic mass is 10.1. The molecule has 1 aromatic heterocycles. The molecule has 0 saturated carbocycles. The second-order valence-electron chi connectivity index (χ2n) is 6.44. The molecule has 0 saturated heterocycles. The van der Waals surface area contributed by atoms with Crippen LogP contribution in [0, 0.1) is 6.92 Å². The molecule has 8 nitrogen and oxygen atoms in total. The van der Waals surface area contributed by atoms with Crippen LogP contribution in [0.15, 0.2) is 60.8 Å². The molecule has 0 spiro atoms. The van der Waals surface area contributed by atoms with Crippen LogP contribution in [0.25, 0.3) is 16.9 Å². The van der Waals surface area contributed by atoms with Crippen molar-refractivity contribution >= 4 is 17.9 Å². The minimum atomic E-state index is -1.21. The number of rotatable bonds is 5. The van der Waals surface area contributed by atoms with Gasteiger partial charge >= 0.3 is 12.0 Å². The normalized spacial score (nSPS) is 11.5. The lowest BCUT2D eigenvalue weighted by molar-refractivity contribution is -0.127. The van der Waals surface area contributed by atoms with Crippen molar-refractivity contribution in [3.63, 3.8) is 0 Å². The van der Waals surface area contributed by atoms with E-state index in [9.17, 15) is 14.4 Å². The van der Waals surface area contributed by atoms with Gasteiger partial charge in [0.15, 0.2) is 6.10 Å². The highest BCUT2D eigenvalue weighted by molar-refractivity contribution is 6.00. The molecule has 29 heavy (non-hydrogen) atoms. The highest BCUT2D eigenvalue weighted by atomic mass is 16.5. The van der Waals surface area contributed by atoms with E-state index in [4.69, 9.17) is 10.5 Å². The molecule has 8 heteroatoms. The van der Waals surface area contributed by atoms with Crippen LogP contribution < -0.4 is 11.1 Å². The maximum Gasteiger partial charge on any atom is 0.342 e. The van der Waals surface area contributed by atoms with Crippen LogP contribution in [0.4, 0.5) is 4.79 Å². The number of amides is 3. The van der Waals surface area contributed by atoms with Crippen LogP contribution in [-0.4, -0.2) is 33.8 Å². The average Bonchev–Trinajstić information content (AvgIpc) is 3.14. The van der Waals surface area contributed by atoms with Gasteiger partial charge in [-0.1, -0.05) is 42.0 Å². The molecule has 0 fully saturated rings. The molecule has 2 aromatic carbocycles. The van der Waals surface area contributed by atoms with Gasteiger partial charge in [0.05, 0.1) is 5.69 Å². The summed E-state index contributed by atoms with van der Waals surface area (Å²) in [5.74, 6) is -1.55. The lowest BCUT2D eigenvalue weighted by Crippen LogP contribution is -2.42. The number of carbonyl (C=O) groups excluding carboxylic acids is 3. The first-order chi connectivity index (χ1) is 13.8. The number of imide groups is 1. The van der Waals surface area contributed by atoms with Crippen molar-refractivity contribution in [2.24, 2.45) is 5.73 Å². The summed E-state index contributed by atoms with van der Waals surface area (Å²) in [5, 5.41) is 6.44. The molecule has 0 aliphatic rings. The van der Waals surface area contributed by atoms with Crippen molar-refractivity contribution in [3.05, 3.63) is 71.9 Å². The van der Waals surface area contributed by atoms with E-state index < -0.39 is 24.0 Å². The number of nitrogens with two attached hydrogens (primary N) is 1. The van der Waals surface area contributed by atoms with E-state index in [2.05, 4.69) is 5.10 Å². The summed E-state index contributed by atoms with van der Waals surface area (Å²) in [4.78, 5) is 35.5. The number of aryl methyl sites for hydroxylation is 1. The summed E-state index contributed by atoms with van der Waals surface area (Å²) in [7, 11) is 0. The minimum absolute atomic E-state index is 0.193. The highest BCUT2D eigenvalue weighted by Gasteiger charge is 2.25. The monoisotopic (exact) mass is 392 g/mol. The minimum Gasteiger partial charge on any atom is -0.449 e. The molecule has 0 radical (unpaired) electrons. The summed E-state index contributed by atoms with van der Waals surface area (Å²) in [5.41, 5.74) is 8.05. The van der Waals surface area contributed by atoms with Gasteiger partial charge in [-0.05, 0) is 32.0 Å². The molecule has 0 unspecified atom stereocenters. The average molecular weight is 392 g/mol. The molecule has 1 atom stereocenters. The fourth-order valence-corrected chi connectivity index (χ4v) is 2.74. The first-order valence-corrected chi connectivity index (χ1v) is 8.88. The number of hydrogen-bond acceptors (Lipinski definition) is 5. The molecule has 0 bridgehead atoms. The molecule has 3 amide bonds. The zero-order valence-electron chi connectivity index (χ0n) is 16.0. The topological polar surface area (TPSA) is 116 Å². The van der Waals surface area contributed by atoms with Crippen molar-refractivity contribution in [1.29, 1.82) is 0 Å². The van der Waals surface area contributed by atoms with Gasteiger partial charge < -0.3 is 10.5 Å². The zero-order chi connectivity index (χ0) is 21.0. The number of nitrogens with zero attached hydrogens (tertiary/aromatic N) is 2. The smallest absolute Gasteiger partial charge is 0.342 e. The zero-order valence-corrected chi connectivity index (χ0v) is 16.0. The van der Waals surface area contributed by atoms with E-state index in [1.807, 2.05) is 66.8 Å². The fourth-order valence-electron chi connectivity index (χ4n) is 2.74. The Balaban J connectivity index is 1.97. The number of aromatic nitrogens is 2. The van der Waals surface area contributed by atoms with Crippen LogP contribution in [-0.2, 0) is 9.53 Å². The quantitative estimate of drug-likeness (QED) is 0.648. The maximum atomic E-state index is 12.8. The predicted molar refractivity (Wildman–Crippen MR) is 106 cm³/mol. The van der Waals surface area contributed by atoms with E-state index in [0.29, 0.717) is 5.69 Å². The van der Waals surface area contributed by atoms with Gasteiger partial charge in [0.2, 0.25) is 0 Å². The van der Waals surface area contributed by atoms with E-state index in [0.717, 1.165) is 16.8 Å². The largest absolute Gasteiger partial charge is 0.449 e. The number of ether oxygens (including phenoxy) is 1. The molecule has 3 aromatic rings. The van der Waals surface area contributed by atoms with Gasteiger partial charge in [0.25, 0.3) is 5.91 Å². The molecule has 0 aliphatic heterocycles. The molecule has 3 rings (SSSR count). The molecule has 148 valence electrons. The Hall–Kier alpha value is -3.94. The first kappa shape index (κ1) is 19.8. The third kappa shape index (κ3) is 4.67. The van der Waals surface area contributed by atoms with Crippen LogP contribution >= 0.6 is 0 Å². The Labute approximate surface area is 167 Å². The Morgan fingerprint density at radius 1 is 1.10 bits per heavy atom. The number of hydrogen-bond donors (Lipinski definition) is 2. The van der Waals surface area contributed by atoms with Crippen molar-refractivity contribution in [2.75, 3.05) is 0 Å². The standard InChI is InChI=1S/C21H20N4O4/c1-13-7-6-8-15(11-13)18-17(12-25(24-18)16-9-4-3-5-10-16)20(27)29-14(2)19(26)23-21(22)28/h3-12,14H,1-2H3,(H3,22,23,26,28)/t14-/m0/s1. The number of esters is 1. The number of benzene rings is 2.